The number of hydrogen-bond donors (Lipinski definition) is 0. The predicted octanol–water partition coefficient (Wildman–Crippen LogP) is 11.8. The van der Waals surface area contributed by atoms with E-state index in [-0.39, 0.29) is 12.1 Å². The third-order valence-electron chi connectivity index (χ3n) is 9.06. The van der Waals surface area contributed by atoms with Gasteiger partial charge in [-0.1, -0.05) is 133 Å². The van der Waals surface area contributed by atoms with Gasteiger partial charge in [0.25, 0.3) is 0 Å². The lowest BCUT2D eigenvalue weighted by Gasteiger charge is -2.28. The summed E-state index contributed by atoms with van der Waals surface area (Å²) in [5, 5.41) is 0. The van der Waals surface area contributed by atoms with Gasteiger partial charge in [0, 0.05) is 6.42 Å². The summed E-state index contributed by atoms with van der Waals surface area (Å²) in [6.07, 6.45) is 23.6. The van der Waals surface area contributed by atoms with E-state index in [0.717, 1.165) is 61.8 Å². The van der Waals surface area contributed by atoms with Crippen molar-refractivity contribution in [2.45, 2.75) is 171 Å². The molecule has 0 fully saturated rings. The van der Waals surface area contributed by atoms with Crippen LogP contribution in [0.5, 0.6) is 0 Å². The van der Waals surface area contributed by atoms with Gasteiger partial charge in [-0.05, 0) is 100 Å². The van der Waals surface area contributed by atoms with Crippen molar-refractivity contribution >= 4 is 5.97 Å². The summed E-state index contributed by atoms with van der Waals surface area (Å²) in [5.41, 5.74) is 0. The Hall–Kier alpha value is -0.830. The van der Waals surface area contributed by atoms with Crippen molar-refractivity contribution in [3.05, 3.63) is 12.2 Å². The highest BCUT2D eigenvalue weighted by Crippen LogP contribution is 2.30. The monoisotopic (exact) mass is 592 g/mol. The molecule has 42 heavy (non-hydrogen) atoms. The Morgan fingerprint density at radius 1 is 0.571 bits per heavy atom. The number of esters is 1. The Morgan fingerprint density at radius 3 is 1.50 bits per heavy atom. The van der Waals surface area contributed by atoms with Gasteiger partial charge in [-0.25, -0.2) is 0 Å². The minimum Gasteiger partial charge on any atom is -0.458 e. The fraction of sp³-hybridized carbons (Fsp3) is 0.923. The molecule has 3 heteroatoms. The maximum Gasteiger partial charge on any atom is 0.306 e. The van der Waals surface area contributed by atoms with E-state index in [1.165, 1.54) is 70.6 Å². The quantitative estimate of drug-likeness (QED) is 0.0540. The van der Waals surface area contributed by atoms with Gasteiger partial charge in [-0.2, -0.15) is 0 Å². The standard InChI is InChI=1S/C39H77NO2/c1-31(2)17-14-20-34(7)24-27-37(28-25-35(8)21-15-18-32(3)4)38(29-26-36(9)22-16-19-33(5)6)42-39(41)23-12-13-30-40(10)11/h26,29,31-38H,12-25,27-28,30H2,1-11H3/b29-26-. The zero-order chi connectivity index (χ0) is 31.9. The Labute approximate surface area is 265 Å². The van der Waals surface area contributed by atoms with E-state index in [9.17, 15) is 4.79 Å². The van der Waals surface area contributed by atoms with Crippen molar-refractivity contribution in [3.8, 4) is 0 Å². The lowest BCUT2D eigenvalue weighted by molar-refractivity contribution is -0.149. The third kappa shape index (κ3) is 25.6. The lowest BCUT2D eigenvalue weighted by atomic mass is 9.84. The first kappa shape index (κ1) is 41.2. The van der Waals surface area contributed by atoms with Gasteiger partial charge in [0.15, 0.2) is 0 Å². The number of rotatable bonds is 27. The van der Waals surface area contributed by atoms with Crippen LogP contribution in [0, 0.1) is 41.4 Å². The van der Waals surface area contributed by atoms with Crippen LogP contribution in [-0.2, 0) is 9.53 Å². The number of nitrogens with zero attached hydrogens (tertiary/aromatic N) is 1. The third-order valence-corrected chi connectivity index (χ3v) is 9.06. The first-order valence-electron chi connectivity index (χ1n) is 18.3. The Morgan fingerprint density at radius 2 is 1.05 bits per heavy atom. The van der Waals surface area contributed by atoms with E-state index >= 15 is 0 Å². The molecule has 0 aliphatic carbocycles. The number of carbonyl (C=O) groups excluding carboxylic acids is 1. The Balaban J connectivity index is 5.56. The smallest absolute Gasteiger partial charge is 0.306 e. The second kappa shape index (κ2) is 25.5. The van der Waals surface area contributed by atoms with Gasteiger partial charge >= 0.3 is 5.97 Å². The van der Waals surface area contributed by atoms with Crippen LogP contribution in [0.4, 0.5) is 0 Å². The van der Waals surface area contributed by atoms with Gasteiger partial charge < -0.3 is 9.64 Å². The van der Waals surface area contributed by atoms with Gasteiger partial charge in [0.05, 0.1) is 0 Å². The topological polar surface area (TPSA) is 29.5 Å². The number of allylic oxidation sites excluding steroid dienone is 1. The van der Waals surface area contributed by atoms with Crippen LogP contribution in [-0.4, -0.2) is 37.6 Å². The molecule has 3 nitrogen and oxygen atoms in total. The summed E-state index contributed by atoms with van der Waals surface area (Å²) in [5.74, 6) is 4.73. The molecule has 0 aromatic rings. The van der Waals surface area contributed by atoms with Crippen molar-refractivity contribution in [2.24, 2.45) is 41.4 Å². The van der Waals surface area contributed by atoms with E-state index in [1.54, 1.807) is 0 Å². The lowest BCUT2D eigenvalue weighted by Crippen LogP contribution is -2.27. The normalized spacial score (nSPS) is 16.1. The molecule has 250 valence electrons. The molecule has 0 aromatic heterocycles. The predicted molar refractivity (Wildman–Crippen MR) is 187 cm³/mol. The van der Waals surface area contributed by atoms with E-state index in [2.05, 4.69) is 93.5 Å². The van der Waals surface area contributed by atoms with Crippen LogP contribution >= 0.6 is 0 Å². The van der Waals surface area contributed by atoms with E-state index in [1.807, 2.05) is 0 Å². The average Bonchev–Trinajstić information content (AvgIpc) is 2.88. The molecule has 0 spiro atoms. The van der Waals surface area contributed by atoms with Crippen LogP contribution < -0.4 is 0 Å². The first-order chi connectivity index (χ1) is 19.8. The molecule has 4 unspecified atom stereocenters. The summed E-state index contributed by atoms with van der Waals surface area (Å²) in [7, 11) is 4.19. The second-order valence-corrected chi connectivity index (χ2v) is 15.7. The second-order valence-electron chi connectivity index (χ2n) is 15.7. The maximum absolute atomic E-state index is 13.1. The van der Waals surface area contributed by atoms with Crippen LogP contribution in [0.25, 0.3) is 0 Å². The Kier molecular flexibility index (Phi) is 25.0. The molecule has 0 N–H and O–H groups in total. The highest BCUT2D eigenvalue weighted by atomic mass is 16.5. The van der Waals surface area contributed by atoms with Crippen molar-refractivity contribution in [1.82, 2.24) is 4.90 Å². The number of carbonyl (C=O) groups is 1. The molecule has 0 saturated heterocycles. The highest BCUT2D eigenvalue weighted by molar-refractivity contribution is 5.69. The van der Waals surface area contributed by atoms with E-state index in [0.29, 0.717) is 18.3 Å². The highest BCUT2D eigenvalue weighted by Gasteiger charge is 2.25. The van der Waals surface area contributed by atoms with Crippen molar-refractivity contribution < 1.29 is 9.53 Å². The number of unbranched alkanes of at least 4 members (excludes halogenated alkanes) is 1. The zero-order valence-corrected chi connectivity index (χ0v) is 30.6. The summed E-state index contributed by atoms with van der Waals surface area (Å²) in [4.78, 5) is 15.3. The molecule has 0 radical (unpaired) electrons. The molecule has 0 heterocycles. The average molecular weight is 592 g/mol. The number of ether oxygens (including phenoxy) is 1. The molecule has 4 atom stereocenters. The molecule has 0 bridgehead atoms. The van der Waals surface area contributed by atoms with Crippen molar-refractivity contribution in [3.63, 3.8) is 0 Å². The Bertz CT molecular complexity index is 629. The van der Waals surface area contributed by atoms with Crippen LogP contribution in [0.1, 0.15) is 165 Å². The van der Waals surface area contributed by atoms with Gasteiger partial charge in [-0.3, -0.25) is 4.79 Å². The molecule has 0 aromatic carbocycles. The van der Waals surface area contributed by atoms with Crippen LogP contribution in [0.15, 0.2) is 12.2 Å². The van der Waals surface area contributed by atoms with Gasteiger partial charge in [0.2, 0.25) is 0 Å². The zero-order valence-electron chi connectivity index (χ0n) is 30.6. The van der Waals surface area contributed by atoms with E-state index < -0.39 is 0 Å². The molecular formula is C39H77NO2. The molecule has 0 rings (SSSR count). The molecular weight excluding hydrogens is 514 g/mol. The summed E-state index contributed by atoms with van der Waals surface area (Å²) >= 11 is 0. The minimum absolute atomic E-state index is 0.00386. The molecule has 0 aliphatic heterocycles. The van der Waals surface area contributed by atoms with Crippen LogP contribution in [0.2, 0.25) is 0 Å². The fourth-order valence-corrected chi connectivity index (χ4v) is 5.95. The fourth-order valence-electron chi connectivity index (χ4n) is 5.95. The summed E-state index contributed by atoms with van der Waals surface area (Å²) in [6.45, 7) is 22.2. The SMILES string of the molecule is CC(C)CCCC(C)/C=C\C(OC(=O)CCCCN(C)C)C(CCC(C)CCCC(C)C)CCC(C)CCCC(C)C. The maximum atomic E-state index is 13.1. The van der Waals surface area contributed by atoms with Crippen molar-refractivity contribution in [2.75, 3.05) is 20.6 Å². The van der Waals surface area contributed by atoms with Crippen LogP contribution in [0.3, 0.4) is 0 Å². The molecule has 0 saturated carbocycles. The van der Waals surface area contributed by atoms with Gasteiger partial charge in [0.1, 0.15) is 6.10 Å². The minimum atomic E-state index is -0.0929. The van der Waals surface area contributed by atoms with Crippen molar-refractivity contribution in [1.29, 1.82) is 0 Å². The molecule has 0 amide bonds. The largest absolute Gasteiger partial charge is 0.458 e. The number of hydrogen-bond acceptors (Lipinski definition) is 3. The van der Waals surface area contributed by atoms with Gasteiger partial charge in [-0.15, -0.1) is 0 Å². The summed E-state index contributed by atoms with van der Waals surface area (Å²) in [6, 6.07) is 0. The molecule has 0 aliphatic rings. The first-order valence-corrected chi connectivity index (χ1v) is 18.3. The van der Waals surface area contributed by atoms with E-state index in [4.69, 9.17) is 4.74 Å². The summed E-state index contributed by atoms with van der Waals surface area (Å²) < 4.78 is 6.36.